The Morgan fingerprint density at radius 2 is 2.00 bits per heavy atom. The Labute approximate surface area is 106 Å². The van der Waals surface area contributed by atoms with Crippen LogP contribution in [-0.4, -0.2) is 11.7 Å². The molecule has 0 aromatic heterocycles. The summed E-state index contributed by atoms with van der Waals surface area (Å²) in [5.74, 6) is -0.415. The summed E-state index contributed by atoms with van der Waals surface area (Å²) >= 11 is 5.73. The number of hydrogen-bond donors (Lipinski definition) is 2. The molecule has 1 aromatic rings. The van der Waals surface area contributed by atoms with Crippen molar-refractivity contribution in [2.24, 2.45) is 11.1 Å². The van der Waals surface area contributed by atoms with Gasteiger partial charge in [-0.15, -0.1) is 12.4 Å². The maximum absolute atomic E-state index is 13.1. The molecule has 0 fully saturated rings. The average molecular weight is 268 g/mol. The molecular formula is C11H16Cl2FNO. The summed E-state index contributed by atoms with van der Waals surface area (Å²) in [4.78, 5) is 0. The maximum atomic E-state index is 13.1. The van der Waals surface area contributed by atoms with Crippen LogP contribution in [0.3, 0.4) is 0 Å². The predicted molar refractivity (Wildman–Crippen MR) is 66.5 cm³/mol. The molecule has 0 saturated heterocycles. The van der Waals surface area contributed by atoms with Gasteiger partial charge in [-0.2, -0.15) is 0 Å². The molecule has 0 spiro atoms. The van der Waals surface area contributed by atoms with Gasteiger partial charge in [0.05, 0.1) is 0 Å². The quantitative estimate of drug-likeness (QED) is 0.885. The molecule has 16 heavy (non-hydrogen) atoms. The molecule has 1 rings (SSSR count). The van der Waals surface area contributed by atoms with E-state index in [9.17, 15) is 4.39 Å². The van der Waals surface area contributed by atoms with Crippen molar-refractivity contribution in [1.29, 1.82) is 0 Å². The van der Waals surface area contributed by atoms with Gasteiger partial charge in [-0.3, -0.25) is 0 Å². The molecule has 0 saturated carbocycles. The highest BCUT2D eigenvalue weighted by atomic mass is 35.5. The van der Waals surface area contributed by atoms with E-state index in [-0.39, 0.29) is 19.0 Å². The van der Waals surface area contributed by atoms with Gasteiger partial charge in [-0.25, -0.2) is 4.39 Å². The molecule has 92 valence electrons. The van der Waals surface area contributed by atoms with E-state index in [1.54, 1.807) is 6.07 Å². The van der Waals surface area contributed by atoms with E-state index in [1.807, 2.05) is 13.8 Å². The fourth-order valence-corrected chi connectivity index (χ4v) is 1.53. The Bertz CT molecular complexity index is 338. The van der Waals surface area contributed by atoms with Crippen LogP contribution in [0.5, 0.6) is 0 Å². The SMILES string of the molecule is CC(C)(CO)[C@H](N)c1cc(F)cc(Cl)c1.Cl. The predicted octanol–water partition coefficient (Wildman–Crippen LogP) is 2.92. The molecule has 0 aliphatic heterocycles. The van der Waals surface area contributed by atoms with E-state index in [4.69, 9.17) is 22.4 Å². The summed E-state index contributed by atoms with van der Waals surface area (Å²) in [6, 6.07) is 3.74. The molecule has 2 nitrogen and oxygen atoms in total. The lowest BCUT2D eigenvalue weighted by Gasteiger charge is -2.29. The van der Waals surface area contributed by atoms with Crippen molar-refractivity contribution in [2.75, 3.05) is 6.61 Å². The first kappa shape index (κ1) is 15.7. The van der Waals surface area contributed by atoms with Crippen LogP contribution in [0.15, 0.2) is 18.2 Å². The lowest BCUT2D eigenvalue weighted by atomic mass is 9.82. The molecular weight excluding hydrogens is 252 g/mol. The van der Waals surface area contributed by atoms with Gasteiger partial charge in [-0.1, -0.05) is 25.4 Å². The van der Waals surface area contributed by atoms with Gasteiger partial charge in [0, 0.05) is 23.1 Å². The third-order valence-corrected chi connectivity index (χ3v) is 2.71. The normalized spacial score (nSPS) is 13.1. The fraction of sp³-hybridized carbons (Fsp3) is 0.455. The molecule has 0 radical (unpaired) electrons. The molecule has 5 heteroatoms. The topological polar surface area (TPSA) is 46.2 Å². The number of nitrogens with two attached hydrogens (primary N) is 1. The molecule has 0 bridgehead atoms. The second kappa shape index (κ2) is 5.82. The van der Waals surface area contributed by atoms with Gasteiger partial charge in [0.15, 0.2) is 0 Å². The Morgan fingerprint density at radius 3 is 2.44 bits per heavy atom. The van der Waals surface area contributed by atoms with Gasteiger partial charge >= 0.3 is 0 Å². The van der Waals surface area contributed by atoms with Gasteiger partial charge in [0.1, 0.15) is 5.82 Å². The zero-order chi connectivity index (χ0) is 11.6. The van der Waals surface area contributed by atoms with Crippen LogP contribution >= 0.6 is 24.0 Å². The highest BCUT2D eigenvalue weighted by Crippen LogP contribution is 2.32. The lowest BCUT2D eigenvalue weighted by molar-refractivity contribution is 0.132. The van der Waals surface area contributed by atoms with Crippen LogP contribution in [0.4, 0.5) is 4.39 Å². The molecule has 1 aromatic carbocycles. The summed E-state index contributed by atoms with van der Waals surface area (Å²) in [7, 11) is 0. The first-order valence-corrected chi connectivity index (χ1v) is 5.07. The number of rotatable bonds is 3. The molecule has 0 unspecified atom stereocenters. The first-order chi connectivity index (χ1) is 6.86. The van der Waals surface area contributed by atoms with Gasteiger partial charge in [0.2, 0.25) is 0 Å². The van der Waals surface area contributed by atoms with E-state index in [2.05, 4.69) is 0 Å². The Morgan fingerprint density at radius 1 is 1.44 bits per heavy atom. The third kappa shape index (κ3) is 3.59. The van der Waals surface area contributed by atoms with Gasteiger partial charge in [-0.05, 0) is 23.8 Å². The zero-order valence-electron chi connectivity index (χ0n) is 9.21. The van der Waals surface area contributed by atoms with Gasteiger partial charge < -0.3 is 10.8 Å². The highest BCUT2D eigenvalue weighted by molar-refractivity contribution is 6.30. The number of halogens is 3. The van der Waals surface area contributed by atoms with E-state index >= 15 is 0 Å². The molecule has 3 N–H and O–H groups in total. The number of hydrogen-bond acceptors (Lipinski definition) is 2. The summed E-state index contributed by atoms with van der Waals surface area (Å²) in [6.45, 7) is 3.56. The van der Waals surface area contributed by atoms with E-state index in [1.165, 1.54) is 12.1 Å². The van der Waals surface area contributed by atoms with Crippen LogP contribution in [0.25, 0.3) is 0 Å². The smallest absolute Gasteiger partial charge is 0.125 e. The Hall–Kier alpha value is -0.350. The van der Waals surface area contributed by atoms with E-state index in [0.717, 1.165) is 0 Å². The molecule has 0 heterocycles. The standard InChI is InChI=1S/C11H15ClFNO.ClH/c1-11(2,6-15)10(14)7-3-8(12)5-9(13)4-7;/h3-5,10,15H,6,14H2,1-2H3;1H/t10-;/m1./s1. The van der Waals surface area contributed by atoms with E-state index in [0.29, 0.717) is 10.6 Å². The van der Waals surface area contributed by atoms with E-state index < -0.39 is 17.3 Å². The largest absolute Gasteiger partial charge is 0.396 e. The van der Waals surface area contributed by atoms with Crippen LogP contribution in [0.2, 0.25) is 5.02 Å². The summed E-state index contributed by atoms with van der Waals surface area (Å²) in [5.41, 5.74) is 6.03. The van der Waals surface area contributed by atoms with Crippen LogP contribution < -0.4 is 5.73 Å². The molecule has 0 aliphatic carbocycles. The van der Waals surface area contributed by atoms with Crippen LogP contribution in [0, 0.1) is 11.2 Å². The summed E-state index contributed by atoms with van der Waals surface area (Å²) < 4.78 is 13.1. The number of aliphatic hydroxyl groups is 1. The van der Waals surface area contributed by atoms with Crippen LogP contribution in [0.1, 0.15) is 25.5 Å². The minimum Gasteiger partial charge on any atom is -0.396 e. The highest BCUT2D eigenvalue weighted by Gasteiger charge is 2.27. The van der Waals surface area contributed by atoms with Crippen LogP contribution in [-0.2, 0) is 0 Å². The third-order valence-electron chi connectivity index (χ3n) is 2.49. The van der Waals surface area contributed by atoms with Crippen molar-refractivity contribution in [3.8, 4) is 0 Å². The monoisotopic (exact) mass is 267 g/mol. The maximum Gasteiger partial charge on any atom is 0.125 e. The number of aliphatic hydroxyl groups excluding tert-OH is 1. The van der Waals surface area contributed by atoms with Crippen molar-refractivity contribution < 1.29 is 9.50 Å². The zero-order valence-corrected chi connectivity index (χ0v) is 10.8. The first-order valence-electron chi connectivity index (χ1n) is 4.69. The van der Waals surface area contributed by atoms with Crippen molar-refractivity contribution in [1.82, 2.24) is 0 Å². The molecule has 1 atom stereocenters. The average Bonchev–Trinajstić information content (AvgIpc) is 2.15. The second-order valence-electron chi connectivity index (χ2n) is 4.33. The van der Waals surface area contributed by atoms with Gasteiger partial charge in [0.25, 0.3) is 0 Å². The lowest BCUT2D eigenvalue weighted by Crippen LogP contribution is -2.32. The van der Waals surface area contributed by atoms with Crippen molar-refractivity contribution in [3.05, 3.63) is 34.6 Å². The minimum atomic E-state index is -0.503. The van der Waals surface area contributed by atoms with Crippen molar-refractivity contribution in [3.63, 3.8) is 0 Å². The second-order valence-corrected chi connectivity index (χ2v) is 4.76. The molecule has 0 amide bonds. The molecule has 0 aliphatic rings. The van der Waals surface area contributed by atoms with Crippen molar-refractivity contribution in [2.45, 2.75) is 19.9 Å². The Kier molecular flexibility index (Phi) is 5.70. The fourth-order valence-electron chi connectivity index (χ4n) is 1.30. The minimum absolute atomic E-state index is 0. The summed E-state index contributed by atoms with van der Waals surface area (Å²) in [6.07, 6.45) is 0. The number of benzene rings is 1. The Balaban J connectivity index is 0.00000225. The van der Waals surface area contributed by atoms with Crippen molar-refractivity contribution >= 4 is 24.0 Å². The summed E-state index contributed by atoms with van der Waals surface area (Å²) in [5, 5.41) is 9.47.